The number of phosphoric acid groups is 2. The molecular formula is C9H18N5O11P3. The third-order valence-electron chi connectivity index (χ3n) is 2.62. The van der Waals surface area contributed by atoms with Crippen molar-refractivity contribution in [1.82, 2.24) is 19.5 Å². The zero-order valence-electron chi connectivity index (χ0n) is 14.1. The number of imidazole rings is 1. The van der Waals surface area contributed by atoms with Crippen LogP contribution in [0, 0.1) is 0 Å². The van der Waals surface area contributed by atoms with Crippen LogP contribution in [-0.4, -0.2) is 61.3 Å². The van der Waals surface area contributed by atoms with Crippen LogP contribution in [0.4, 0.5) is 5.82 Å². The van der Waals surface area contributed by atoms with Crippen molar-refractivity contribution in [3.63, 3.8) is 0 Å². The molecule has 0 unspecified atom stereocenters. The summed E-state index contributed by atoms with van der Waals surface area (Å²) in [4.78, 5) is 60.4. The average molecular weight is 465 g/mol. The summed E-state index contributed by atoms with van der Waals surface area (Å²) in [7, 11) is -14.3. The maximum atomic E-state index is 10.7. The second-order valence-electron chi connectivity index (χ2n) is 5.16. The Bertz CT molecular complexity index is 913. The van der Waals surface area contributed by atoms with Crippen molar-refractivity contribution in [3.05, 3.63) is 12.7 Å². The quantitative estimate of drug-likeness (QED) is 0.245. The number of fused-ring (bicyclic) bond motifs is 1. The van der Waals surface area contributed by atoms with Crippen LogP contribution in [0.15, 0.2) is 12.7 Å². The molecule has 28 heavy (non-hydrogen) atoms. The highest BCUT2D eigenvalue weighted by molar-refractivity contribution is 7.60. The predicted molar refractivity (Wildman–Crippen MR) is 92.4 cm³/mol. The van der Waals surface area contributed by atoms with E-state index in [-0.39, 0.29) is 5.82 Å². The van der Waals surface area contributed by atoms with Gasteiger partial charge in [0.1, 0.15) is 18.2 Å². The number of nitrogens with zero attached hydrogens (tertiary/aromatic N) is 4. The molecule has 1 atom stereocenters. The van der Waals surface area contributed by atoms with E-state index in [1.807, 2.05) is 0 Å². The molecule has 2 aromatic heterocycles. The lowest BCUT2D eigenvalue weighted by molar-refractivity contribution is 0.0764. The van der Waals surface area contributed by atoms with Crippen LogP contribution < -0.4 is 5.73 Å². The third-order valence-corrected chi connectivity index (χ3v) is 4.81. The van der Waals surface area contributed by atoms with E-state index in [9.17, 15) is 13.7 Å². The Morgan fingerprint density at radius 3 is 2.11 bits per heavy atom. The topological polar surface area (TPSA) is 261 Å². The summed E-state index contributed by atoms with van der Waals surface area (Å²) < 4.78 is 39.7. The lowest BCUT2D eigenvalue weighted by Crippen LogP contribution is -2.17. The van der Waals surface area contributed by atoms with E-state index in [1.54, 1.807) is 11.5 Å². The monoisotopic (exact) mass is 465 g/mol. The third kappa shape index (κ3) is 9.78. The second kappa shape index (κ2) is 9.48. The number of anilines is 1. The molecule has 0 amide bonds. The van der Waals surface area contributed by atoms with Crippen molar-refractivity contribution < 1.29 is 52.1 Å². The average Bonchev–Trinajstić information content (AvgIpc) is 2.86. The maximum absolute atomic E-state index is 10.7. The van der Waals surface area contributed by atoms with E-state index in [2.05, 4.69) is 19.3 Å². The first-order valence-electron chi connectivity index (χ1n) is 6.97. The number of hydrogen-bond donors (Lipinski definition) is 7. The molecule has 8 N–H and O–H groups in total. The maximum Gasteiger partial charge on any atom is 0.478 e. The Morgan fingerprint density at radius 1 is 1.07 bits per heavy atom. The van der Waals surface area contributed by atoms with Crippen molar-refractivity contribution in [1.29, 1.82) is 0 Å². The number of rotatable bonds is 7. The summed E-state index contributed by atoms with van der Waals surface area (Å²) in [5.41, 5.74) is 6.70. The standard InChI is InChI=1S/C9H14N5O4P.H4O7P2/c1-6(18-5-19(15,16)17)2-14-4-13-7-8(10)11-3-12-9(7)14;1-8(2,3)7-9(4,5)6/h3-4,6H,2,5H2,1H3,(H2,10,11,12)(H2,15,16,17);(H2,1,2,3)(H2,4,5,6)/t6-;/m1./s1. The van der Waals surface area contributed by atoms with Gasteiger partial charge in [0.2, 0.25) is 0 Å². The summed E-state index contributed by atoms with van der Waals surface area (Å²) in [5.74, 6) is 0.285. The minimum atomic E-state index is -5.05. The SMILES string of the molecule is C[C@H](Cn1cnc2c(N)ncnc21)OCP(=O)(O)O.O=P(O)(O)OP(=O)(O)O. The molecule has 0 aliphatic heterocycles. The summed E-state index contributed by atoms with van der Waals surface area (Å²) in [6.45, 7) is 2.05. The van der Waals surface area contributed by atoms with Crippen molar-refractivity contribution >= 4 is 40.2 Å². The molecule has 16 nitrogen and oxygen atoms in total. The molecule has 0 spiro atoms. The van der Waals surface area contributed by atoms with Crippen molar-refractivity contribution in [2.45, 2.75) is 19.6 Å². The van der Waals surface area contributed by atoms with Gasteiger partial charge >= 0.3 is 23.2 Å². The number of ether oxygens (including phenoxy) is 1. The van der Waals surface area contributed by atoms with Crippen LogP contribution in [0.3, 0.4) is 0 Å². The molecule has 2 aromatic rings. The summed E-state index contributed by atoms with van der Waals surface area (Å²) in [5, 5.41) is 0. The fourth-order valence-electron chi connectivity index (χ4n) is 1.72. The first-order valence-corrected chi connectivity index (χ1v) is 11.8. The van der Waals surface area contributed by atoms with Gasteiger partial charge in [-0.1, -0.05) is 0 Å². The molecule has 0 aliphatic carbocycles. The molecule has 0 aromatic carbocycles. The molecule has 0 saturated carbocycles. The van der Waals surface area contributed by atoms with Gasteiger partial charge in [0, 0.05) is 0 Å². The van der Waals surface area contributed by atoms with Gasteiger partial charge < -0.3 is 44.4 Å². The molecular weight excluding hydrogens is 447 g/mol. The van der Waals surface area contributed by atoms with Gasteiger partial charge in [-0.3, -0.25) is 4.57 Å². The lowest BCUT2D eigenvalue weighted by Gasteiger charge is -2.14. The highest BCUT2D eigenvalue weighted by Crippen LogP contribution is 2.53. The van der Waals surface area contributed by atoms with Gasteiger partial charge in [0.05, 0.1) is 19.0 Å². The molecule has 0 fully saturated rings. The highest BCUT2D eigenvalue weighted by Gasteiger charge is 2.28. The Kier molecular flexibility index (Phi) is 8.38. The van der Waals surface area contributed by atoms with Crippen molar-refractivity contribution in [2.24, 2.45) is 0 Å². The van der Waals surface area contributed by atoms with E-state index < -0.39 is 35.7 Å². The molecule has 160 valence electrons. The zero-order valence-corrected chi connectivity index (χ0v) is 16.8. The molecule has 19 heteroatoms. The minimum absolute atomic E-state index is 0.285. The summed E-state index contributed by atoms with van der Waals surface area (Å²) in [6, 6.07) is 0. The van der Waals surface area contributed by atoms with E-state index in [4.69, 9.17) is 39.8 Å². The van der Waals surface area contributed by atoms with Crippen molar-refractivity contribution in [3.8, 4) is 0 Å². The Labute approximate surface area is 157 Å². The Balaban J connectivity index is 0.000000370. The van der Waals surface area contributed by atoms with Crippen LogP contribution in [0.1, 0.15) is 6.92 Å². The highest BCUT2D eigenvalue weighted by atomic mass is 31.3. The van der Waals surface area contributed by atoms with Crippen LogP contribution >= 0.6 is 23.2 Å². The normalized spacial score (nSPS) is 13.8. The van der Waals surface area contributed by atoms with Gasteiger partial charge in [0.25, 0.3) is 0 Å². The summed E-state index contributed by atoms with van der Waals surface area (Å²) in [6.07, 6.45) is 1.85. The van der Waals surface area contributed by atoms with E-state index >= 15 is 0 Å². The predicted octanol–water partition coefficient (Wildman–Crippen LogP) is -0.863. The number of nitrogens with two attached hydrogens (primary N) is 1. The molecule has 0 radical (unpaired) electrons. The smallest absolute Gasteiger partial charge is 0.382 e. The fraction of sp³-hybridized carbons (Fsp3) is 0.444. The summed E-state index contributed by atoms with van der Waals surface area (Å²) >= 11 is 0. The largest absolute Gasteiger partial charge is 0.478 e. The number of aromatic nitrogens is 4. The molecule has 0 bridgehead atoms. The lowest BCUT2D eigenvalue weighted by atomic mass is 10.4. The molecule has 2 heterocycles. The second-order valence-corrected chi connectivity index (χ2v) is 9.36. The number of nitrogen functional groups attached to an aromatic ring is 1. The number of hydrogen-bond acceptors (Lipinski definition) is 9. The van der Waals surface area contributed by atoms with Gasteiger partial charge in [-0.2, -0.15) is 4.31 Å². The van der Waals surface area contributed by atoms with Gasteiger partial charge in [-0.15, -0.1) is 0 Å². The Hall–Kier alpha value is -1.28. The van der Waals surface area contributed by atoms with E-state index in [0.717, 1.165) is 0 Å². The minimum Gasteiger partial charge on any atom is -0.382 e. The fourth-order valence-corrected chi connectivity index (χ4v) is 3.28. The first-order chi connectivity index (χ1) is 12.6. The molecule has 0 saturated heterocycles. The van der Waals surface area contributed by atoms with Crippen LogP contribution in [0.5, 0.6) is 0 Å². The zero-order chi connectivity index (χ0) is 21.8. The van der Waals surface area contributed by atoms with E-state index in [0.29, 0.717) is 17.7 Å². The van der Waals surface area contributed by atoms with Crippen LogP contribution in [0.25, 0.3) is 11.2 Å². The van der Waals surface area contributed by atoms with Gasteiger partial charge in [0.15, 0.2) is 11.5 Å². The molecule has 2 rings (SSSR count). The van der Waals surface area contributed by atoms with Crippen LogP contribution in [0.2, 0.25) is 0 Å². The molecule has 0 aliphatic rings. The van der Waals surface area contributed by atoms with E-state index in [1.165, 1.54) is 12.7 Å². The first kappa shape index (κ1) is 24.8. The van der Waals surface area contributed by atoms with Crippen LogP contribution in [-0.2, 0) is 29.3 Å². The van der Waals surface area contributed by atoms with Gasteiger partial charge in [-0.25, -0.2) is 24.1 Å². The van der Waals surface area contributed by atoms with Crippen molar-refractivity contribution in [2.75, 3.05) is 12.1 Å². The Morgan fingerprint density at radius 2 is 1.64 bits per heavy atom. The van der Waals surface area contributed by atoms with Gasteiger partial charge in [-0.05, 0) is 6.92 Å².